The Bertz CT molecular complexity index is 760. The maximum Gasteiger partial charge on any atom is 0.227 e. The molecule has 1 amide bonds. The summed E-state index contributed by atoms with van der Waals surface area (Å²) in [7, 11) is -3.34. The molecule has 3 aliphatic rings. The number of amides is 1. The predicted molar refractivity (Wildman–Crippen MR) is 92.3 cm³/mol. The van der Waals surface area contributed by atoms with Gasteiger partial charge >= 0.3 is 0 Å². The number of carbonyl (C=O) groups is 1. The third-order valence-corrected chi connectivity index (χ3v) is 7.25. The van der Waals surface area contributed by atoms with E-state index in [1.807, 2.05) is 4.90 Å². The van der Waals surface area contributed by atoms with Gasteiger partial charge in [0.15, 0.2) is 0 Å². The molecule has 2 N–H and O–H groups in total. The minimum absolute atomic E-state index is 0.0624. The van der Waals surface area contributed by atoms with E-state index in [0.717, 1.165) is 30.9 Å². The van der Waals surface area contributed by atoms with Gasteiger partial charge in [-0.05, 0) is 25.8 Å². The second kappa shape index (κ2) is 6.07. The standard InChI is InChI=1S/C16H25N5O3S/c1-25(23,24)21-7-3-13-14(19-11-18-13)16(21)4-8-20(9-5-16)15(22)12-2-6-17-10-12/h11-12,17H,2-10H2,1H3,(H,18,19)/t12-/m0/s1. The highest BCUT2D eigenvalue weighted by molar-refractivity contribution is 7.88. The van der Waals surface area contributed by atoms with E-state index < -0.39 is 15.6 Å². The number of aromatic amines is 1. The van der Waals surface area contributed by atoms with Crippen LogP contribution in [0.25, 0.3) is 0 Å². The monoisotopic (exact) mass is 367 g/mol. The Morgan fingerprint density at radius 3 is 2.72 bits per heavy atom. The first-order chi connectivity index (χ1) is 11.9. The number of imidazole rings is 1. The summed E-state index contributed by atoms with van der Waals surface area (Å²) in [4.78, 5) is 22.2. The zero-order valence-corrected chi connectivity index (χ0v) is 15.3. The molecule has 4 rings (SSSR count). The van der Waals surface area contributed by atoms with Gasteiger partial charge in [0, 0.05) is 38.3 Å². The molecule has 0 radical (unpaired) electrons. The number of hydrogen-bond acceptors (Lipinski definition) is 5. The summed E-state index contributed by atoms with van der Waals surface area (Å²) >= 11 is 0. The van der Waals surface area contributed by atoms with Gasteiger partial charge in [0.25, 0.3) is 0 Å². The van der Waals surface area contributed by atoms with E-state index in [9.17, 15) is 13.2 Å². The molecule has 25 heavy (non-hydrogen) atoms. The highest BCUT2D eigenvalue weighted by Crippen LogP contribution is 2.43. The molecule has 1 atom stereocenters. The molecular formula is C16H25N5O3S. The van der Waals surface area contributed by atoms with Gasteiger partial charge in [-0.1, -0.05) is 0 Å². The van der Waals surface area contributed by atoms with Crippen molar-refractivity contribution in [2.75, 3.05) is 39.0 Å². The van der Waals surface area contributed by atoms with Crippen LogP contribution in [0, 0.1) is 5.92 Å². The molecule has 2 fully saturated rings. The fourth-order valence-corrected chi connectivity index (χ4v) is 5.98. The highest BCUT2D eigenvalue weighted by atomic mass is 32.2. The van der Waals surface area contributed by atoms with Crippen LogP contribution in [0.2, 0.25) is 0 Å². The van der Waals surface area contributed by atoms with Crippen molar-refractivity contribution in [3.63, 3.8) is 0 Å². The first kappa shape index (κ1) is 17.0. The van der Waals surface area contributed by atoms with Crippen LogP contribution in [-0.2, 0) is 26.8 Å². The largest absolute Gasteiger partial charge is 0.348 e. The Labute approximate surface area is 148 Å². The van der Waals surface area contributed by atoms with Crippen LogP contribution in [-0.4, -0.2) is 72.5 Å². The quantitative estimate of drug-likeness (QED) is 0.745. The number of nitrogens with zero attached hydrogens (tertiary/aromatic N) is 3. The summed E-state index contributed by atoms with van der Waals surface area (Å²) in [5.74, 6) is 0.260. The van der Waals surface area contributed by atoms with Gasteiger partial charge in [-0.2, -0.15) is 4.31 Å². The lowest BCUT2D eigenvalue weighted by Crippen LogP contribution is -2.59. The molecule has 9 heteroatoms. The van der Waals surface area contributed by atoms with Crippen LogP contribution in [0.4, 0.5) is 0 Å². The maximum atomic E-state index is 12.7. The molecule has 1 aromatic rings. The Balaban J connectivity index is 1.59. The first-order valence-corrected chi connectivity index (χ1v) is 10.8. The Morgan fingerprint density at radius 2 is 2.08 bits per heavy atom. The summed E-state index contributed by atoms with van der Waals surface area (Å²) in [6.07, 6.45) is 5.67. The molecule has 138 valence electrons. The number of carbonyl (C=O) groups excluding carboxylic acids is 1. The molecule has 8 nitrogen and oxygen atoms in total. The summed E-state index contributed by atoms with van der Waals surface area (Å²) in [6.45, 7) is 3.27. The number of H-pyrrole nitrogens is 1. The molecule has 0 aromatic carbocycles. The fraction of sp³-hybridized carbons (Fsp3) is 0.750. The van der Waals surface area contributed by atoms with Crippen molar-refractivity contribution in [2.24, 2.45) is 5.92 Å². The minimum atomic E-state index is -3.34. The molecule has 0 bridgehead atoms. The number of piperidine rings is 1. The van der Waals surface area contributed by atoms with Crippen molar-refractivity contribution in [1.29, 1.82) is 0 Å². The number of sulfonamides is 1. The molecule has 1 aromatic heterocycles. The lowest BCUT2D eigenvalue weighted by atomic mass is 9.80. The summed E-state index contributed by atoms with van der Waals surface area (Å²) in [6, 6.07) is 0. The van der Waals surface area contributed by atoms with Crippen molar-refractivity contribution in [1.82, 2.24) is 24.5 Å². The molecule has 0 saturated carbocycles. The number of likely N-dealkylation sites (tertiary alicyclic amines) is 1. The number of hydrogen-bond donors (Lipinski definition) is 2. The predicted octanol–water partition coefficient (Wildman–Crippen LogP) is -0.345. The van der Waals surface area contributed by atoms with Gasteiger partial charge in [-0.15, -0.1) is 0 Å². The van der Waals surface area contributed by atoms with E-state index in [2.05, 4.69) is 15.3 Å². The molecule has 3 aliphatic heterocycles. The fourth-order valence-electron chi connectivity index (χ4n) is 4.65. The van der Waals surface area contributed by atoms with Gasteiger partial charge in [-0.25, -0.2) is 13.4 Å². The van der Waals surface area contributed by atoms with E-state index in [4.69, 9.17) is 0 Å². The molecule has 2 saturated heterocycles. The average molecular weight is 367 g/mol. The van der Waals surface area contributed by atoms with Crippen molar-refractivity contribution in [3.05, 3.63) is 17.7 Å². The minimum Gasteiger partial charge on any atom is -0.348 e. The molecule has 4 heterocycles. The maximum absolute atomic E-state index is 12.7. The average Bonchev–Trinajstić information content (AvgIpc) is 3.26. The zero-order valence-electron chi connectivity index (χ0n) is 14.5. The molecular weight excluding hydrogens is 342 g/mol. The van der Waals surface area contributed by atoms with Crippen molar-refractivity contribution < 1.29 is 13.2 Å². The number of nitrogens with one attached hydrogen (secondary N) is 2. The Hall–Kier alpha value is -1.45. The van der Waals surface area contributed by atoms with Crippen molar-refractivity contribution in [3.8, 4) is 0 Å². The van der Waals surface area contributed by atoms with E-state index >= 15 is 0 Å². The summed E-state index contributed by atoms with van der Waals surface area (Å²) in [5, 5.41) is 3.24. The van der Waals surface area contributed by atoms with E-state index in [-0.39, 0.29) is 11.8 Å². The number of fused-ring (bicyclic) bond motifs is 2. The second-order valence-electron chi connectivity index (χ2n) is 7.36. The van der Waals surface area contributed by atoms with Gasteiger partial charge in [0.2, 0.25) is 15.9 Å². The molecule has 0 aliphatic carbocycles. The highest BCUT2D eigenvalue weighted by Gasteiger charge is 2.51. The van der Waals surface area contributed by atoms with Crippen LogP contribution in [0.1, 0.15) is 30.7 Å². The van der Waals surface area contributed by atoms with Crippen molar-refractivity contribution >= 4 is 15.9 Å². The lowest BCUT2D eigenvalue weighted by molar-refractivity contribution is -0.137. The Kier molecular flexibility index (Phi) is 4.12. The van der Waals surface area contributed by atoms with Crippen LogP contribution >= 0.6 is 0 Å². The van der Waals surface area contributed by atoms with Gasteiger partial charge < -0.3 is 15.2 Å². The van der Waals surface area contributed by atoms with Gasteiger partial charge in [-0.3, -0.25) is 4.79 Å². The van der Waals surface area contributed by atoms with Crippen LogP contribution < -0.4 is 5.32 Å². The van der Waals surface area contributed by atoms with Crippen LogP contribution in [0.15, 0.2) is 6.33 Å². The van der Waals surface area contributed by atoms with Crippen LogP contribution in [0.3, 0.4) is 0 Å². The van der Waals surface area contributed by atoms with Crippen LogP contribution in [0.5, 0.6) is 0 Å². The number of rotatable bonds is 2. The van der Waals surface area contributed by atoms with E-state index in [1.54, 1.807) is 10.6 Å². The smallest absolute Gasteiger partial charge is 0.227 e. The third kappa shape index (κ3) is 2.78. The Morgan fingerprint density at radius 1 is 1.32 bits per heavy atom. The first-order valence-electron chi connectivity index (χ1n) is 8.92. The number of aromatic nitrogens is 2. The SMILES string of the molecule is CS(=O)(=O)N1CCc2[nH]cnc2C12CCN(C(=O)[C@H]1CCNC1)CC2. The van der Waals surface area contributed by atoms with E-state index in [1.165, 1.54) is 6.26 Å². The van der Waals surface area contributed by atoms with Gasteiger partial charge in [0.05, 0.1) is 29.7 Å². The topological polar surface area (TPSA) is 98.4 Å². The molecule has 1 spiro atoms. The van der Waals surface area contributed by atoms with E-state index in [0.29, 0.717) is 38.9 Å². The lowest BCUT2D eigenvalue weighted by Gasteiger charge is -2.49. The molecule has 0 unspecified atom stereocenters. The summed E-state index contributed by atoms with van der Waals surface area (Å²) < 4.78 is 26.4. The third-order valence-electron chi connectivity index (χ3n) is 5.91. The van der Waals surface area contributed by atoms with Gasteiger partial charge in [0.1, 0.15) is 0 Å². The zero-order chi connectivity index (χ0) is 17.7. The van der Waals surface area contributed by atoms with Crippen molar-refractivity contribution in [2.45, 2.75) is 31.2 Å². The normalized spacial score (nSPS) is 26.8. The summed E-state index contributed by atoms with van der Waals surface area (Å²) in [5.41, 5.74) is 1.25. The second-order valence-corrected chi connectivity index (χ2v) is 9.27.